The van der Waals surface area contributed by atoms with Crippen LogP contribution in [-0.2, 0) is 87.1 Å². The molecule has 0 aliphatic carbocycles. The molecule has 0 N–H and O–H groups in total. The summed E-state index contributed by atoms with van der Waals surface area (Å²) >= 11 is 0. The largest absolute Gasteiger partial charge is 0.586 e. The van der Waals surface area contributed by atoms with E-state index >= 15 is 0 Å². The minimum Gasteiger partial charge on any atom is -0.496 e. The molecule has 0 heterocycles. The number of rotatable bonds is 25. The van der Waals surface area contributed by atoms with Gasteiger partial charge in [0.25, 0.3) is 0 Å². The molecule has 0 radical (unpaired) electrons. The predicted molar refractivity (Wildman–Crippen MR) is 497 cm³/mol. The Balaban J connectivity index is 0.000000301. The van der Waals surface area contributed by atoms with Crippen LogP contribution in [0.15, 0.2) is 304 Å². The lowest BCUT2D eigenvalue weighted by atomic mass is 9.87. The van der Waals surface area contributed by atoms with Crippen LogP contribution in [0.1, 0.15) is 141 Å². The highest BCUT2D eigenvalue weighted by Crippen LogP contribution is 2.44. The first-order valence-corrected chi connectivity index (χ1v) is 50.7. The van der Waals surface area contributed by atoms with Crippen molar-refractivity contribution in [2.75, 3.05) is 82.9 Å². The van der Waals surface area contributed by atoms with Gasteiger partial charge in [-0.15, -0.1) is 39.5 Å². The fourth-order valence-electron chi connectivity index (χ4n) is 11.8. The molecule has 10 rings (SSSR count). The maximum absolute atomic E-state index is 13.8. The van der Waals surface area contributed by atoms with Crippen molar-refractivity contribution < 1.29 is 49.0 Å². The molecule has 0 saturated heterocycles. The van der Waals surface area contributed by atoms with Gasteiger partial charge >= 0.3 is 16.5 Å². The molecule has 19 heteroatoms. The van der Waals surface area contributed by atoms with E-state index in [1.54, 1.807) is 105 Å². The van der Waals surface area contributed by atoms with Crippen LogP contribution >= 0.6 is 0 Å². The molecule has 10 aromatic rings. The number of ether oxygens (including phenoxy) is 2. The first kappa shape index (κ1) is 103. The van der Waals surface area contributed by atoms with Crippen molar-refractivity contribution in [1.82, 2.24) is 4.90 Å². The molecule has 0 bridgehead atoms. The Labute approximate surface area is 718 Å². The molecule has 1 atom stereocenters. The molecule has 0 spiro atoms. The normalized spacial score (nSPS) is 11.9. The van der Waals surface area contributed by atoms with Gasteiger partial charge in [-0.05, 0) is 231 Å². The maximum Gasteiger partial charge on any atom is 0.586 e. The number of halogens is 9. The number of methoxy groups -OCH3 is 1. The van der Waals surface area contributed by atoms with E-state index in [0.717, 1.165) is 47.3 Å². The van der Waals surface area contributed by atoms with E-state index in [-0.39, 0.29) is 31.5 Å². The summed E-state index contributed by atoms with van der Waals surface area (Å²) in [4.78, 5) is 9.41. The first-order chi connectivity index (χ1) is 55.2. The molecule has 0 saturated carbocycles. The summed E-state index contributed by atoms with van der Waals surface area (Å²) in [6.07, 6.45) is 20.6. The van der Waals surface area contributed by atoms with Crippen LogP contribution in [0.5, 0.6) is 11.5 Å². The molecule has 3 nitrogen and oxygen atoms in total. The third-order valence-electron chi connectivity index (χ3n) is 17.6. The monoisotopic (exact) mass is 1750 g/mol. The highest BCUT2D eigenvalue weighted by atomic mass is 32.2. The van der Waals surface area contributed by atoms with Crippen molar-refractivity contribution in [3.8, 4) is 11.5 Å². The fraction of sp³-hybridized carbons (Fsp3) is 0.388. The molecule has 636 valence electrons. The number of nitrogens with zero attached hydrogens (tertiary/aromatic N) is 1. The van der Waals surface area contributed by atoms with Gasteiger partial charge in [0.2, 0.25) is 0 Å². The molecule has 0 amide bonds. The van der Waals surface area contributed by atoms with Crippen LogP contribution in [0.25, 0.3) is 0 Å². The number of hydrogen-bond donors (Lipinski definition) is 0. The highest BCUT2D eigenvalue weighted by molar-refractivity contribution is 7.99. The minimum atomic E-state index is -4.31. The van der Waals surface area contributed by atoms with Crippen LogP contribution in [0, 0.1) is 27.7 Å². The Kier molecular flexibility index (Phi) is 45.8. The minimum absolute atomic E-state index is 0.0796. The molecule has 10 aromatic carbocycles. The molecule has 0 aliphatic rings. The van der Waals surface area contributed by atoms with Crippen LogP contribution in [0.3, 0.4) is 0 Å². The molecule has 0 aliphatic heterocycles. The third kappa shape index (κ3) is 37.2. The number of benzene rings is 10. The van der Waals surface area contributed by atoms with Crippen molar-refractivity contribution in [1.29, 1.82) is 0 Å². The van der Waals surface area contributed by atoms with Crippen LogP contribution in [0.4, 0.5) is 39.5 Å². The second kappa shape index (κ2) is 52.0. The molecule has 0 aromatic heterocycles. The standard InChI is InChI=1S/C25H30NOS.C21H26F3S.C16H16F3OS.C13H10F3S.C12H27S.C8H11S.C3H9S/c1-20-18-24(19-21(2)25(20)27-17-11-16-26(3)4)28(22-12-7-5-8-13-22)23-14-9-6-10-15-23;1-19(2,3)15-7-11-17(12-8-15)25(21(22,23)24)18-13-9-16(10-14-18)20(4,5)6;1-11-9-14(10-12(2)15(11)20-3)21(16(17,18)19)13-7-5-4-6-8-13;14-13(15,16)17(11-7-3-1-4-8-11)12-9-5-2-6-10-12;1-4-7-10-13(11-8-5-2)12-9-6-3;1-9(2)8-6-4-3-5-7-8;1-4(2)3/h5-10,12-15,18-19H,11,16-17H2,1-4H3;7-14H,1-6H3;4-10H,1-3H3;1-10H;4-12H2,1-3H3;3-7H,1-2H3;1-3H3/q7*+1. The Bertz CT molecular complexity index is 4110. The van der Waals surface area contributed by atoms with Crippen molar-refractivity contribution in [3.63, 3.8) is 0 Å². The average Bonchev–Trinajstić information content (AvgIpc) is 0.809. The van der Waals surface area contributed by atoms with E-state index in [1.807, 2.05) is 24.3 Å². The lowest BCUT2D eigenvalue weighted by Crippen LogP contribution is -2.24. The zero-order chi connectivity index (χ0) is 87.1. The quantitative estimate of drug-likeness (QED) is 0.0323. The van der Waals surface area contributed by atoms with Gasteiger partial charge in [-0.3, -0.25) is 0 Å². The van der Waals surface area contributed by atoms with E-state index in [0.29, 0.717) is 58.2 Å². The molecular formula is C98H129F9NO2S7+7. The molecule has 1 unspecified atom stereocenters. The van der Waals surface area contributed by atoms with Crippen molar-refractivity contribution in [3.05, 3.63) is 288 Å². The van der Waals surface area contributed by atoms with Crippen molar-refractivity contribution in [2.24, 2.45) is 0 Å². The average molecular weight is 1750 g/mol. The van der Waals surface area contributed by atoms with Gasteiger partial charge in [0.1, 0.15) is 41.3 Å². The SMILES string of the molecule is CC(C)(C)c1ccc([S+](c2ccc(C(C)(C)C)cc2)C(F)(F)F)cc1.CCCC[S+](CCCC)CCCC.COc1c(C)cc([S+](c2ccccc2)C(F)(F)F)cc1C.C[S+](C)C.C[S+](C)c1ccccc1.Cc1cc([S+](c2ccccc2)c2ccccc2)cc(C)c1OCCCN(C)C.FC(F)(F)[S+](c1ccccc1)c1ccccc1. The number of aryl methyl sites for hydroxylation is 4. The van der Waals surface area contributed by atoms with Crippen LogP contribution in [-0.4, -0.2) is 104 Å². The van der Waals surface area contributed by atoms with E-state index in [4.69, 9.17) is 9.47 Å². The number of alkyl halides is 9. The van der Waals surface area contributed by atoms with Crippen molar-refractivity contribution in [2.45, 2.75) is 211 Å². The fourth-order valence-corrected chi connectivity index (χ4v) is 22.6. The zero-order valence-electron chi connectivity index (χ0n) is 72.8. The first-order valence-electron chi connectivity index (χ1n) is 39.6. The summed E-state index contributed by atoms with van der Waals surface area (Å²) in [5.41, 5.74) is -7.10. The highest BCUT2D eigenvalue weighted by Gasteiger charge is 2.57. The third-order valence-corrected chi connectivity index (χ3v) is 29.4. The smallest absolute Gasteiger partial charge is 0.496 e. The number of hydrogen-bond acceptors (Lipinski definition) is 3. The van der Waals surface area contributed by atoms with E-state index in [1.165, 1.54) is 130 Å². The zero-order valence-corrected chi connectivity index (χ0v) is 78.5. The number of unbranched alkanes of at least 4 members (excludes halogenated alkanes) is 3. The van der Waals surface area contributed by atoms with Gasteiger partial charge in [-0.1, -0.05) is 215 Å². The molecule has 117 heavy (non-hydrogen) atoms. The van der Waals surface area contributed by atoms with E-state index < -0.39 is 49.2 Å². The topological polar surface area (TPSA) is 21.7 Å². The lowest BCUT2D eigenvalue weighted by Gasteiger charge is -2.20. The second-order valence-corrected chi connectivity index (χ2v) is 45.9. The van der Waals surface area contributed by atoms with E-state index in [2.05, 4.69) is 230 Å². The Morgan fingerprint density at radius 2 is 0.581 bits per heavy atom. The second-order valence-electron chi connectivity index (χ2n) is 30.8. The van der Waals surface area contributed by atoms with Gasteiger partial charge in [0.05, 0.1) is 43.4 Å². The van der Waals surface area contributed by atoms with Gasteiger partial charge in [0, 0.05) is 41.7 Å². The molecule has 0 fully saturated rings. The van der Waals surface area contributed by atoms with Gasteiger partial charge in [-0.2, -0.15) is 0 Å². The summed E-state index contributed by atoms with van der Waals surface area (Å²) in [6.45, 7) is 28.9. The molecular weight excluding hydrogens is 1620 g/mol. The summed E-state index contributed by atoms with van der Waals surface area (Å²) in [6, 6.07) is 77.6. The van der Waals surface area contributed by atoms with Crippen LogP contribution < -0.4 is 9.47 Å². The summed E-state index contributed by atoms with van der Waals surface area (Å²) in [5, 5.41) is 0. The summed E-state index contributed by atoms with van der Waals surface area (Å²) < 4.78 is 133. The predicted octanol–water partition coefficient (Wildman–Crippen LogP) is 28.1. The van der Waals surface area contributed by atoms with Crippen LogP contribution in [0.2, 0.25) is 0 Å². The van der Waals surface area contributed by atoms with E-state index in [9.17, 15) is 39.5 Å². The summed E-state index contributed by atoms with van der Waals surface area (Å²) in [5.74, 6) is 6.20. The summed E-state index contributed by atoms with van der Waals surface area (Å²) in [7, 11) is 1.67. The van der Waals surface area contributed by atoms with Crippen molar-refractivity contribution >= 4 is 76.3 Å². The maximum atomic E-state index is 13.8. The van der Waals surface area contributed by atoms with Gasteiger partial charge in [0.15, 0.2) is 81.6 Å². The Hall–Kier alpha value is -6.42. The van der Waals surface area contributed by atoms with Gasteiger partial charge < -0.3 is 14.4 Å². The van der Waals surface area contributed by atoms with Gasteiger partial charge in [-0.25, -0.2) is 0 Å². The Morgan fingerprint density at radius 3 is 0.829 bits per heavy atom. The lowest BCUT2D eigenvalue weighted by molar-refractivity contribution is -0.0379. The Morgan fingerprint density at radius 1 is 0.325 bits per heavy atom.